The van der Waals surface area contributed by atoms with E-state index >= 15 is 0 Å². The number of likely N-dealkylation sites (tertiary alicyclic amines) is 1. The van der Waals surface area contributed by atoms with Crippen LogP contribution in [0.25, 0.3) is 10.9 Å². The molecule has 0 bridgehead atoms. The van der Waals surface area contributed by atoms with Gasteiger partial charge in [0, 0.05) is 10.9 Å². The van der Waals surface area contributed by atoms with E-state index in [1.807, 2.05) is 35.9 Å². The molecule has 1 saturated heterocycles. The van der Waals surface area contributed by atoms with Crippen LogP contribution in [0.15, 0.2) is 29.1 Å². The van der Waals surface area contributed by atoms with Gasteiger partial charge < -0.3 is 14.6 Å². The molecule has 164 valence electrons. The molecule has 2 aliphatic rings. The Labute approximate surface area is 181 Å². The summed E-state index contributed by atoms with van der Waals surface area (Å²) in [5, 5.41) is 13.9. The highest BCUT2D eigenvalue weighted by Gasteiger charge is 2.36. The molecule has 0 radical (unpaired) electrons. The van der Waals surface area contributed by atoms with Crippen LogP contribution >= 0.6 is 0 Å². The predicted octanol–water partition coefficient (Wildman–Crippen LogP) is 2.19. The fraction of sp³-hybridized carbons (Fsp3) is 0.565. The van der Waals surface area contributed by atoms with E-state index in [4.69, 9.17) is 4.74 Å². The lowest BCUT2D eigenvalue weighted by atomic mass is 10.00. The Morgan fingerprint density at radius 2 is 1.97 bits per heavy atom. The van der Waals surface area contributed by atoms with Gasteiger partial charge in [-0.2, -0.15) is 0 Å². The summed E-state index contributed by atoms with van der Waals surface area (Å²) < 4.78 is 7.70. The molecule has 3 aromatic rings. The van der Waals surface area contributed by atoms with Gasteiger partial charge in [-0.05, 0) is 73.7 Å². The maximum atomic E-state index is 13.3. The van der Waals surface area contributed by atoms with Gasteiger partial charge in [-0.3, -0.25) is 4.79 Å². The van der Waals surface area contributed by atoms with Gasteiger partial charge in [-0.15, -0.1) is 5.10 Å². The van der Waals surface area contributed by atoms with E-state index in [0.717, 1.165) is 66.8 Å². The second-order valence-corrected chi connectivity index (χ2v) is 8.81. The summed E-state index contributed by atoms with van der Waals surface area (Å²) in [4.78, 5) is 17.8. The highest BCUT2D eigenvalue weighted by molar-refractivity contribution is 5.80. The third kappa shape index (κ3) is 3.96. The average Bonchev–Trinajstić information content (AvgIpc) is 3.48. The van der Waals surface area contributed by atoms with Crippen LogP contribution in [-0.2, 0) is 0 Å². The van der Waals surface area contributed by atoms with E-state index in [9.17, 15) is 4.79 Å². The zero-order chi connectivity index (χ0) is 21.2. The first-order valence-electron chi connectivity index (χ1n) is 11.7. The molecule has 8 heteroatoms. The van der Waals surface area contributed by atoms with E-state index in [1.54, 1.807) is 0 Å². The zero-order valence-corrected chi connectivity index (χ0v) is 18.1. The molecule has 0 spiro atoms. The van der Waals surface area contributed by atoms with E-state index in [1.165, 1.54) is 24.2 Å². The van der Waals surface area contributed by atoms with Gasteiger partial charge >= 0.3 is 0 Å². The number of benzene rings is 1. The fourth-order valence-corrected chi connectivity index (χ4v) is 5.31. The number of aromatic amines is 1. The highest BCUT2D eigenvalue weighted by atomic mass is 16.5. The molecule has 2 aromatic heterocycles. The zero-order valence-electron chi connectivity index (χ0n) is 18.1. The number of hydrogen-bond acceptors (Lipinski definition) is 5. The van der Waals surface area contributed by atoms with Crippen LogP contribution in [0.3, 0.4) is 0 Å². The van der Waals surface area contributed by atoms with Crippen LogP contribution in [0.2, 0.25) is 0 Å². The van der Waals surface area contributed by atoms with Crippen LogP contribution in [0.1, 0.15) is 75.3 Å². The third-order valence-electron chi connectivity index (χ3n) is 6.82. The molecule has 3 heterocycles. The maximum absolute atomic E-state index is 13.3. The minimum Gasteiger partial charge on any atom is -0.494 e. The second kappa shape index (κ2) is 8.78. The van der Waals surface area contributed by atoms with Crippen molar-refractivity contribution in [2.45, 2.75) is 64.0 Å². The molecule has 2 N–H and O–H groups in total. The van der Waals surface area contributed by atoms with Crippen LogP contribution in [0.4, 0.5) is 0 Å². The monoisotopic (exact) mass is 423 g/mol. The number of fused-ring (bicyclic) bond motifs is 1. The van der Waals surface area contributed by atoms with Crippen molar-refractivity contribution in [3.05, 3.63) is 46.0 Å². The number of tetrazole rings is 1. The average molecular weight is 424 g/mol. The number of H-pyrrole nitrogens is 1. The van der Waals surface area contributed by atoms with Gasteiger partial charge in [0.2, 0.25) is 5.82 Å². The fourth-order valence-electron chi connectivity index (χ4n) is 5.31. The van der Waals surface area contributed by atoms with E-state index in [2.05, 4.69) is 20.5 Å². The molecular weight excluding hydrogens is 392 g/mol. The van der Waals surface area contributed by atoms with Gasteiger partial charge in [0.1, 0.15) is 5.75 Å². The van der Waals surface area contributed by atoms with Gasteiger partial charge in [0.05, 0.1) is 31.3 Å². The number of nitrogens with one attached hydrogen (secondary N) is 2. The van der Waals surface area contributed by atoms with E-state index < -0.39 is 0 Å². The van der Waals surface area contributed by atoms with Crippen LogP contribution in [0.5, 0.6) is 5.75 Å². The normalized spacial score (nSPS) is 19.1. The molecule has 2 fully saturated rings. The summed E-state index contributed by atoms with van der Waals surface area (Å²) in [6, 6.07) is 8.00. The van der Waals surface area contributed by atoms with Crippen molar-refractivity contribution >= 4 is 10.9 Å². The Morgan fingerprint density at radius 1 is 1.16 bits per heavy atom. The molecule has 1 aliphatic heterocycles. The van der Waals surface area contributed by atoms with Crippen LogP contribution in [-0.4, -0.2) is 44.9 Å². The lowest BCUT2D eigenvalue weighted by Crippen LogP contribution is -3.13. The first-order valence-corrected chi connectivity index (χ1v) is 11.7. The number of ether oxygens (including phenoxy) is 1. The van der Waals surface area contributed by atoms with Crippen molar-refractivity contribution in [3.8, 4) is 5.75 Å². The molecule has 1 saturated carbocycles. The maximum Gasteiger partial charge on any atom is 0.258 e. The van der Waals surface area contributed by atoms with E-state index in [-0.39, 0.29) is 11.6 Å². The van der Waals surface area contributed by atoms with Crippen molar-refractivity contribution in [1.29, 1.82) is 0 Å². The SMILES string of the molecule is CCOc1ccc2[nH]c(=O)c([C@H](c3nnnn3C3CCCC3)[NH+]3CCCCC3)cc2c1. The Hall–Kier alpha value is -2.74. The minimum absolute atomic E-state index is 0.0549. The van der Waals surface area contributed by atoms with Crippen molar-refractivity contribution in [3.63, 3.8) is 0 Å². The highest BCUT2D eigenvalue weighted by Crippen LogP contribution is 2.31. The summed E-state index contributed by atoms with van der Waals surface area (Å²) in [7, 11) is 0. The predicted molar refractivity (Wildman–Crippen MR) is 117 cm³/mol. The van der Waals surface area contributed by atoms with Crippen molar-refractivity contribution in [2.75, 3.05) is 19.7 Å². The van der Waals surface area contributed by atoms with Crippen LogP contribution in [0, 0.1) is 0 Å². The largest absolute Gasteiger partial charge is 0.494 e. The molecule has 0 amide bonds. The first-order chi connectivity index (χ1) is 15.2. The van der Waals surface area contributed by atoms with Crippen LogP contribution < -0.4 is 15.2 Å². The molecule has 0 unspecified atom stereocenters. The lowest BCUT2D eigenvalue weighted by Gasteiger charge is -2.31. The van der Waals surface area contributed by atoms with Gasteiger partial charge in [-0.1, -0.05) is 12.8 Å². The Kier molecular flexibility index (Phi) is 5.72. The number of nitrogens with zero attached hydrogens (tertiary/aromatic N) is 4. The number of quaternary nitrogens is 1. The molecule has 8 nitrogen and oxygen atoms in total. The second-order valence-electron chi connectivity index (χ2n) is 8.81. The van der Waals surface area contributed by atoms with Gasteiger partial charge in [0.15, 0.2) is 6.04 Å². The number of rotatable bonds is 6. The van der Waals surface area contributed by atoms with E-state index in [0.29, 0.717) is 12.6 Å². The van der Waals surface area contributed by atoms with Crippen molar-refractivity contribution in [1.82, 2.24) is 25.2 Å². The number of pyridine rings is 1. The molecular formula is C23H31N6O2+. The standard InChI is InChI=1S/C23H30N6O2/c1-2-31-18-10-11-20-16(14-18)15-19(23(30)24-20)21(28-12-6-3-7-13-28)22-25-26-27-29(22)17-8-4-5-9-17/h10-11,14-15,17,21H,2-9,12-13H2,1H3,(H,24,30)/p+1/t21-/m1/s1. The molecule has 31 heavy (non-hydrogen) atoms. The topological polar surface area (TPSA) is 90.1 Å². The third-order valence-corrected chi connectivity index (χ3v) is 6.82. The van der Waals surface area contributed by atoms with Gasteiger partial charge in [0.25, 0.3) is 5.56 Å². The number of piperidine rings is 1. The first kappa shape index (κ1) is 20.2. The molecule has 1 atom stereocenters. The summed E-state index contributed by atoms with van der Waals surface area (Å²) in [6.07, 6.45) is 8.20. The smallest absolute Gasteiger partial charge is 0.258 e. The number of hydrogen-bond donors (Lipinski definition) is 2. The quantitative estimate of drug-likeness (QED) is 0.634. The Bertz CT molecular complexity index is 1090. The summed E-state index contributed by atoms with van der Waals surface area (Å²) in [5.74, 6) is 1.64. The van der Waals surface area contributed by atoms with Crippen molar-refractivity contribution < 1.29 is 9.64 Å². The Balaban J connectivity index is 1.63. The summed E-state index contributed by atoms with van der Waals surface area (Å²) >= 11 is 0. The minimum atomic E-state index is -0.167. The van der Waals surface area contributed by atoms with Gasteiger partial charge in [-0.25, -0.2) is 4.68 Å². The molecule has 5 rings (SSSR count). The lowest BCUT2D eigenvalue weighted by molar-refractivity contribution is -0.931. The summed E-state index contributed by atoms with van der Waals surface area (Å²) in [6.45, 7) is 4.64. The molecule has 1 aliphatic carbocycles. The van der Waals surface area contributed by atoms with Crippen molar-refractivity contribution in [2.24, 2.45) is 0 Å². The molecule has 1 aromatic carbocycles. The number of aromatic nitrogens is 5. The Morgan fingerprint density at radius 3 is 2.74 bits per heavy atom. The summed E-state index contributed by atoms with van der Waals surface area (Å²) in [5.41, 5.74) is 1.51.